The fourth-order valence-corrected chi connectivity index (χ4v) is 4.76. The number of ether oxygens (including phenoxy) is 1. The van der Waals surface area contributed by atoms with Crippen LogP contribution in [-0.4, -0.2) is 43.4 Å². The van der Waals surface area contributed by atoms with Crippen LogP contribution in [0.2, 0.25) is 0 Å². The minimum absolute atomic E-state index is 0.0662. The second-order valence-electron chi connectivity index (χ2n) is 7.88. The average Bonchev–Trinajstić information content (AvgIpc) is 3.18. The highest BCUT2D eigenvalue weighted by atomic mass is 32.2. The standard InChI is InChI=1S/C24H24F2N4O4S/c1-15-19-9-8-18(13-22(19)29-28-15)34-11-10-27-14-23(31)16-4-2-5-17(12-16)30-35(32,33)24-20(25)6-3-7-21(24)26/h2-9,12-13,23,27,30-31H,10-11,14H2,1H3,(H,28,29). The molecule has 0 radical (unpaired) electrons. The summed E-state index contributed by atoms with van der Waals surface area (Å²) in [6.45, 7) is 2.93. The van der Waals surface area contributed by atoms with Gasteiger partial charge < -0.3 is 15.2 Å². The number of hydrogen-bond donors (Lipinski definition) is 4. The smallest absolute Gasteiger partial charge is 0.267 e. The van der Waals surface area contributed by atoms with E-state index in [1.54, 1.807) is 6.07 Å². The van der Waals surface area contributed by atoms with Crippen LogP contribution in [0, 0.1) is 18.6 Å². The van der Waals surface area contributed by atoms with E-state index < -0.39 is 32.7 Å². The molecule has 1 aromatic heterocycles. The van der Waals surface area contributed by atoms with E-state index in [9.17, 15) is 22.3 Å². The molecule has 0 spiro atoms. The molecule has 0 aliphatic carbocycles. The van der Waals surface area contributed by atoms with E-state index in [0.717, 1.165) is 34.8 Å². The van der Waals surface area contributed by atoms with Gasteiger partial charge in [-0.2, -0.15) is 5.10 Å². The summed E-state index contributed by atoms with van der Waals surface area (Å²) in [7, 11) is -4.50. The molecule has 11 heteroatoms. The minimum Gasteiger partial charge on any atom is -0.492 e. The van der Waals surface area contributed by atoms with Crippen molar-refractivity contribution in [3.05, 3.63) is 83.6 Å². The van der Waals surface area contributed by atoms with Gasteiger partial charge in [-0.1, -0.05) is 18.2 Å². The number of aromatic amines is 1. The molecule has 0 saturated heterocycles. The molecule has 0 amide bonds. The van der Waals surface area contributed by atoms with Crippen molar-refractivity contribution < 1.29 is 27.0 Å². The number of aromatic nitrogens is 2. The number of nitrogens with zero attached hydrogens (tertiary/aromatic N) is 1. The van der Waals surface area contributed by atoms with Crippen molar-refractivity contribution in [2.24, 2.45) is 0 Å². The number of rotatable bonds is 10. The predicted molar refractivity (Wildman–Crippen MR) is 128 cm³/mol. The summed E-state index contributed by atoms with van der Waals surface area (Å²) >= 11 is 0. The third-order valence-corrected chi connectivity index (χ3v) is 6.75. The van der Waals surface area contributed by atoms with Crippen molar-refractivity contribution in [1.29, 1.82) is 0 Å². The van der Waals surface area contributed by atoms with Crippen LogP contribution in [0.15, 0.2) is 65.6 Å². The Balaban J connectivity index is 1.30. The molecule has 0 aliphatic rings. The fraction of sp³-hybridized carbons (Fsp3) is 0.208. The van der Waals surface area contributed by atoms with E-state index in [0.29, 0.717) is 24.5 Å². The van der Waals surface area contributed by atoms with Gasteiger partial charge in [0, 0.05) is 35.9 Å². The third-order valence-electron chi connectivity index (χ3n) is 5.31. The fourth-order valence-electron chi connectivity index (χ4n) is 3.57. The van der Waals surface area contributed by atoms with E-state index >= 15 is 0 Å². The zero-order chi connectivity index (χ0) is 25.0. The van der Waals surface area contributed by atoms with E-state index in [1.165, 1.54) is 18.2 Å². The number of nitrogens with one attached hydrogen (secondary N) is 3. The number of anilines is 1. The lowest BCUT2D eigenvalue weighted by Crippen LogP contribution is -2.26. The Hall–Kier alpha value is -3.54. The zero-order valence-corrected chi connectivity index (χ0v) is 19.6. The molecule has 184 valence electrons. The highest BCUT2D eigenvalue weighted by Crippen LogP contribution is 2.24. The molecule has 1 atom stereocenters. The zero-order valence-electron chi connectivity index (χ0n) is 18.8. The van der Waals surface area contributed by atoms with Crippen LogP contribution >= 0.6 is 0 Å². The number of fused-ring (bicyclic) bond motifs is 1. The third kappa shape index (κ3) is 5.76. The summed E-state index contributed by atoms with van der Waals surface area (Å²) < 4.78 is 60.6. The maximum atomic E-state index is 13.9. The van der Waals surface area contributed by atoms with Crippen molar-refractivity contribution in [3.8, 4) is 5.75 Å². The quantitative estimate of drug-likeness (QED) is 0.246. The number of H-pyrrole nitrogens is 1. The molecular formula is C24H24F2N4O4S. The summed E-state index contributed by atoms with van der Waals surface area (Å²) in [5.41, 5.74) is 2.29. The van der Waals surface area contributed by atoms with Gasteiger partial charge in [0.1, 0.15) is 24.0 Å². The highest BCUT2D eigenvalue weighted by Gasteiger charge is 2.24. The first-order valence-corrected chi connectivity index (χ1v) is 12.3. The van der Waals surface area contributed by atoms with Gasteiger partial charge in [-0.05, 0) is 48.9 Å². The number of aliphatic hydroxyl groups excluding tert-OH is 1. The second kappa shape index (κ2) is 10.4. The van der Waals surface area contributed by atoms with Crippen LogP contribution < -0.4 is 14.8 Å². The summed E-state index contributed by atoms with van der Waals surface area (Å²) in [6.07, 6.45) is -0.951. The molecule has 0 fully saturated rings. The van der Waals surface area contributed by atoms with Crippen molar-refractivity contribution in [2.75, 3.05) is 24.4 Å². The topological polar surface area (TPSA) is 116 Å². The minimum atomic E-state index is -4.50. The molecule has 4 N–H and O–H groups in total. The lowest BCUT2D eigenvalue weighted by Gasteiger charge is -2.15. The first-order chi connectivity index (χ1) is 16.7. The lowest BCUT2D eigenvalue weighted by molar-refractivity contribution is 0.172. The van der Waals surface area contributed by atoms with Crippen molar-refractivity contribution in [2.45, 2.75) is 17.9 Å². The molecule has 8 nitrogen and oxygen atoms in total. The highest BCUT2D eigenvalue weighted by molar-refractivity contribution is 7.92. The van der Waals surface area contributed by atoms with Gasteiger partial charge in [0.25, 0.3) is 10.0 Å². The van der Waals surface area contributed by atoms with E-state index in [-0.39, 0.29) is 12.2 Å². The summed E-state index contributed by atoms with van der Waals surface area (Å²) in [5.74, 6) is -1.71. The number of benzene rings is 3. The van der Waals surface area contributed by atoms with Gasteiger partial charge in [-0.3, -0.25) is 9.82 Å². The monoisotopic (exact) mass is 502 g/mol. The molecule has 0 aliphatic heterocycles. The number of aryl methyl sites for hydroxylation is 1. The van der Waals surface area contributed by atoms with Gasteiger partial charge in [0.2, 0.25) is 0 Å². The normalized spacial score (nSPS) is 12.6. The predicted octanol–water partition coefficient (Wildman–Crippen LogP) is 3.65. The number of halogens is 2. The average molecular weight is 503 g/mol. The number of sulfonamides is 1. The van der Waals surface area contributed by atoms with Crippen molar-refractivity contribution >= 4 is 26.6 Å². The van der Waals surface area contributed by atoms with Gasteiger partial charge in [0.05, 0.1) is 11.6 Å². The van der Waals surface area contributed by atoms with Crippen LogP contribution in [0.1, 0.15) is 17.4 Å². The largest absolute Gasteiger partial charge is 0.492 e. The SMILES string of the molecule is Cc1[nH]nc2cc(OCCNCC(O)c3cccc(NS(=O)(=O)c4c(F)cccc4F)c3)ccc12. The molecular weight excluding hydrogens is 478 g/mol. The summed E-state index contributed by atoms with van der Waals surface area (Å²) in [4.78, 5) is -1.06. The van der Waals surface area contributed by atoms with Crippen LogP contribution in [0.25, 0.3) is 10.9 Å². The van der Waals surface area contributed by atoms with E-state index in [1.807, 2.05) is 25.1 Å². The molecule has 1 heterocycles. The number of hydrogen-bond acceptors (Lipinski definition) is 6. The molecule has 4 aromatic rings. The van der Waals surface area contributed by atoms with Crippen LogP contribution in [0.5, 0.6) is 5.75 Å². The first kappa shape index (κ1) is 24.6. The van der Waals surface area contributed by atoms with Gasteiger partial charge in [0.15, 0.2) is 4.90 Å². The van der Waals surface area contributed by atoms with E-state index in [4.69, 9.17) is 4.74 Å². The molecule has 0 saturated carbocycles. The Bertz CT molecular complexity index is 1420. The molecule has 4 rings (SSSR count). The summed E-state index contributed by atoms with van der Waals surface area (Å²) in [6, 6.07) is 14.4. The lowest BCUT2D eigenvalue weighted by atomic mass is 10.1. The van der Waals surface area contributed by atoms with Crippen molar-refractivity contribution in [1.82, 2.24) is 15.5 Å². The maximum absolute atomic E-state index is 13.9. The van der Waals surface area contributed by atoms with Crippen LogP contribution in [0.3, 0.4) is 0 Å². The first-order valence-electron chi connectivity index (χ1n) is 10.8. The summed E-state index contributed by atoms with van der Waals surface area (Å²) in [5, 5.41) is 21.7. The molecule has 1 unspecified atom stereocenters. The van der Waals surface area contributed by atoms with Gasteiger partial charge in [-0.25, -0.2) is 17.2 Å². The van der Waals surface area contributed by atoms with Crippen LogP contribution in [0.4, 0.5) is 14.5 Å². The maximum Gasteiger partial charge on any atom is 0.267 e. The Labute approximate surface area is 201 Å². The molecule has 0 bridgehead atoms. The van der Waals surface area contributed by atoms with Crippen LogP contribution in [-0.2, 0) is 10.0 Å². The Morgan fingerprint density at radius 2 is 1.83 bits per heavy atom. The van der Waals surface area contributed by atoms with Crippen molar-refractivity contribution in [3.63, 3.8) is 0 Å². The second-order valence-corrected chi connectivity index (χ2v) is 9.50. The van der Waals surface area contributed by atoms with Gasteiger partial charge in [-0.15, -0.1) is 0 Å². The Morgan fingerprint density at radius 1 is 1.09 bits per heavy atom. The Kier molecular flexibility index (Phi) is 7.29. The van der Waals surface area contributed by atoms with Gasteiger partial charge >= 0.3 is 0 Å². The Morgan fingerprint density at radius 3 is 2.60 bits per heavy atom. The molecule has 3 aromatic carbocycles. The molecule has 35 heavy (non-hydrogen) atoms. The van der Waals surface area contributed by atoms with E-state index in [2.05, 4.69) is 20.2 Å². The number of aliphatic hydroxyl groups is 1.